The largest absolute Gasteiger partial charge is 0.456 e. The number of anilines is 3. The molecule has 2 nitrogen and oxygen atoms in total. The first-order chi connectivity index (χ1) is 19.8. The second-order valence-electron chi connectivity index (χ2n) is 9.83. The molecule has 0 bridgehead atoms. The normalized spacial score (nSPS) is 11.0. The van der Waals surface area contributed by atoms with Crippen LogP contribution in [0.15, 0.2) is 168 Å². The van der Waals surface area contributed by atoms with Gasteiger partial charge >= 0.3 is 0 Å². The van der Waals surface area contributed by atoms with Gasteiger partial charge in [0.05, 0.1) is 5.69 Å². The van der Waals surface area contributed by atoms with E-state index in [1.54, 1.807) is 0 Å². The monoisotopic (exact) mass is 513 g/mol. The molecule has 0 amide bonds. The molecule has 7 rings (SSSR count). The van der Waals surface area contributed by atoms with Crippen LogP contribution in [0.4, 0.5) is 17.1 Å². The third-order valence-electron chi connectivity index (χ3n) is 7.28. The Bertz CT molecular complexity index is 1850. The fourth-order valence-electron chi connectivity index (χ4n) is 5.31. The summed E-state index contributed by atoms with van der Waals surface area (Å²) in [7, 11) is 0. The minimum atomic E-state index is 0.862. The van der Waals surface area contributed by atoms with E-state index >= 15 is 0 Å². The Kier molecular flexibility index (Phi) is 6.20. The van der Waals surface area contributed by atoms with E-state index in [9.17, 15) is 0 Å². The van der Waals surface area contributed by atoms with E-state index in [4.69, 9.17) is 4.42 Å². The Balaban J connectivity index is 1.34. The van der Waals surface area contributed by atoms with Gasteiger partial charge in [-0.2, -0.15) is 0 Å². The number of para-hydroxylation sites is 3. The summed E-state index contributed by atoms with van der Waals surface area (Å²) in [5, 5.41) is 1.10. The highest BCUT2D eigenvalue weighted by atomic mass is 16.3. The van der Waals surface area contributed by atoms with E-state index < -0.39 is 0 Å². The number of nitrogens with zero attached hydrogens (tertiary/aromatic N) is 1. The van der Waals surface area contributed by atoms with Crippen molar-refractivity contribution in [3.8, 4) is 33.6 Å². The summed E-state index contributed by atoms with van der Waals surface area (Å²) < 4.78 is 6.22. The van der Waals surface area contributed by atoms with Gasteiger partial charge in [0.15, 0.2) is 0 Å². The number of hydrogen-bond acceptors (Lipinski definition) is 2. The van der Waals surface area contributed by atoms with Crippen LogP contribution in [-0.2, 0) is 0 Å². The van der Waals surface area contributed by atoms with Crippen LogP contribution in [0.1, 0.15) is 0 Å². The fourth-order valence-corrected chi connectivity index (χ4v) is 5.31. The molecule has 40 heavy (non-hydrogen) atoms. The van der Waals surface area contributed by atoms with Gasteiger partial charge in [0.25, 0.3) is 0 Å². The molecule has 0 spiro atoms. The van der Waals surface area contributed by atoms with Crippen LogP contribution in [-0.4, -0.2) is 0 Å². The van der Waals surface area contributed by atoms with E-state index in [1.165, 1.54) is 22.3 Å². The van der Waals surface area contributed by atoms with Gasteiger partial charge in [-0.1, -0.05) is 121 Å². The van der Waals surface area contributed by atoms with E-state index in [0.717, 1.165) is 39.4 Å². The summed E-state index contributed by atoms with van der Waals surface area (Å²) in [6.07, 6.45) is 0. The third kappa shape index (κ3) is 4.57. The molecule has 190 valence electrons. The highest BCUT2D eigenvalue weighted by Crippen LogP contribution is 2.42. The van der Waals surface area contributed by atoms with Crippen molar-refractivity contribution in [3.63, 3.8) is 0 Å². The lowest BCUT2D eigenvalue weighted by Crippen LogP contribution is -2.11. The summed E-state index contributed by atoms with van der Waals surface area (Å²) in [5.41, 5.74) is 9.98. The molecule has 0 radical (unpaired) electrons. The molecule has 0 saturated carbocycles. The summed E-state index contributed by atoms with van der Waals surface area (Å²) in [4.78, 5) is 2.33. The Labute approximate surface area is 234 Å². The molecule has 7 aromatic rings. The number of fused-ring (bicyclic) bond motifs is 1. The van der Waals surface area contributed by atoms with Gasteiger partial charge < -0.3 is 9.32 Å². The topological polar surface area (TPSA) is 16.4 Å². The molecule has 2 heteroatoms. The van der Waals surface area contributed by atoms with E-state index in [1.807, 2.05) is 18.2 Å². The maximum atomic E-state index is 6.22. The number of furan rings is 1. The molecule has 0 unspecified atom stereocenters. The maximum absolute atomic E-state index is 6.22. The molecule has 0 aliphatic heterocycles. The van der Waals surface area contributed by atoms with Crippen LogP contribution in [0.25, 0.3) is 44.5 Å². The fraction of sp³-hybridized carbons (Fsp3) is 0. The van der Waals surface area contributed by atoms with Crippen LogP contribution in [0.5, 0.6) is 0 Å². The van der Waals surface area contributed by atoms with Crippen molar-refractivity contribution in [2.75, 3.05) is 4.90 Å². The zero-order valence-electron chi connectivity index (χ0n) is 21.9. The lowest BCUT2D eigenvalue weighted by atomic mass is 9.98. The predicted octanol–water partition coefficient (Wildman–Crippen LogP) is 10.9. The summed E-state index contributed by atoms with van der Waals surface area (Å²) >= 11 is 0. The highest BCUT2D eigenvalue weighted by molar-refractivity contribution is 5.90. The van der Waals surface area contributed by atoms with Crippen molar-refractivity contribution in [3.05, 3.63) is 164 Å². The van der Waals surface area contributed by atoms with Crippen molar-refractivity contribution in [2.24, 2.45) is 0 Å². The van der Waals surface area contributed by atoms with Crippen LogP contribution in [0, 0.1) is 0 Å². The zero-order valence-corrected chi connectivity index (χ0v) is 21.9. The lowest BCUT2D eigenvalue weighted by Gasteiger charge is -2.28. The van der Waals surface area contributed by atoms with Gasteiger partial charge in [-0.05, 0) is 59.2 Å². The standard InChI is InChI=1S/C38H27NO/c1-3-12-28(13-4-1)29-22-24-30(25-23-29)35-19-8-9-20-36(35)39(33-16-5-2-6-17-33)34-18-11-15-31(26-34)38-27-32-14-7-10-21-37(32)40-38/h1-27H. The number of rotatable bonds is 6. The molecular formula is C38H27NO. The van der Waals surface area contributed by atoms with Crippen LogP contribution in [0.3, 0.4) is 0 Å². The minimum Gasteiger partial charge on any atom is -0.456 e. The molecule has 0 N–H and O–H groups in total. The van der Waals surface area contributed by atoms with E-state index in [0.29, 0.717) is 0 Å². The average molecular weight is 514 g/mol. The molecule has 0 atom stereocenters. The van der Waals surface area contributed by atoms with E-state index in [-0.39, 0.29) is 0 Å². The molecular weight excluding hydrogens is 486 g/mol. The summed E-state index contributed by atoms with van der Waals surface area (Å²) in [6, 6.07) is 57.3. The highest BCUT2D eigenvalue weighted by Gasteiger charge is 2.18. The van der Waals surface area contributed by atoms with Crippen molar-refractivity contribution in [2.45, 2.75) is 0 Å². The Morgan fingerprint density at radius 1 is 0.400 bits per heavy atom. The van der Waals surface area contributed by atoms with Gasteiger partial charge in [-0.15, -0.1) is 0 Å². The zero-order chi connectivity index (χ0) is 26.7. The molecule has 6 aromatic carbocycles. The first-order valence-electron chi connectivity index (χ1n) is 13.5. The predicted molar refractivity (Wildman–Crippen MR) is 167 cm³/mol. The number of benzene rings is 6. The second kappa shape index (κ2) is 10.4. The Morgan fingerprint density at radius 2 is 1.00 bits per heavy atom. The van der Waals surface area contributed by atoms with Gasteiger partial charge in [0, 0.05) is 27.9 Å². The minimum absolute atomic E-state index is 0.862. The average Bonchev–Trinajstić information content (AvgIpc) is 3.48. The van der Waals surface area contributed by atoms with Crippen LogP contribution >= 0.6 is 0 Å². The molecule has 0 fully saturated rings. The third-order valence-corrected chi connectivity index (χ3v) is 7.28. The van der Waals surface area contributed by atoms with Crippen LogP contribution < -0.4 is 4.90 Å². The van der Waals surface area contributed by atoms with Crippen molar-refractivity contribution >= 4 is 28.0 Å². The summed E-state index contributed by atoms with van der Waals surface area (Å²) in [5.74, 6) is 0.862. The molecule has 1 heterocycles. The molecule has 0 aliphatic carbocycles. The van der Waals surface area contributed by atoms with Gasteiger partial charge in [0.1, 0.15) is 11.3 Å². The first-order valence-corrected chi connectivity index (χ1v) is 13.5. The van der Waals surface area contributed by atoms with Crippen molar-refractivity contribution in [1.29, 1.82) is 0 Å². The smallest absolute Gasteiger partial charge is 0.135 e. The SMILES string of the molecule is c1ccc(-c2ccc(-c3ccccc3N(c3ccccc3)c3cccc(-c4cc5ccccc5o4)c3)cc2)cc1. The van der Waals surface area contributed by atoms with Crippen molar-refractivity contribution < 1.29 is 4.42 Å². The van der Waals surface area contributed by atoms with Gasteiger partial charge in [0.2, 0.25) is 0 Å². The van der Waals surface area contributed by atoms with Gasteiger partial charge in [-0.25, -0.2) is 0 Å². The quantitative estimate of drug-likeness (QED) is 0.220. The molecule has 0 aliphatic rings. The number of hydrogen-bond donors (Lipinski definition) is 0. The van der Waals surface area contributed by atoms with E-state index in [2.05, 4.69) is 150 Å². The summed E-state index contributed by atoms with van der Waals surface area (Å²) in [6.45, 7) is 0. The van der Waals surface area contributed by atoms with Crippen molar-refractivity contribution in [1.82, 2.24) is 0 Å². The Morgan fingerprint density at radius 3 is 1.80 bits per heavy atom. The Hall–Kier alpha value is -5.34. The first kappa shape index (κ1) is 23.8. The molecule has 1 aromatic heterocycles. The second-order valence-corrected chi connectivity index (χ2v) is 9.83. The molecule has 0 saturated heterocycles. The lowest BCUT2D eigenvalue weighted by molar-refractivity contribution is 0.631. The van der Waals surface area contributed by atoms with Gasteiger partial charge in [-0.3, -0.25) is 0 Å². The maximum Gasteiger partial charge on any atom is 0.135 e. The van der Waals surface area contributed by atoms with Crippen LogP contribution in [0.2, 0.25) is 0 Å².